The van der Waals surface area contributed by atoms with Crippen LogP contribution in [0.4, 0.5) is 0 Å². The van der Waals surface area contributed by atoms with Gasteiger partial charge in [0, 0.05) is 6.42 Å². The van der Waals surface area contributed by atoms with E-state index in [-0.39, 0.29) is 0 Å². The van der Waals surface area contributed by atoms with Gasteiger partial charge in [-0.15, -0.1) is 11.8 Å². The first-order valence-corrected chi connectivity index (χ1v) is 5.27. The fourth-order valence-electron chi connectivity index (χ4n) is 1.12. The molecule has 13 heavy (non-hydrogen) atoms. The van der Waals surface area contributed by atoms with Crippen LogP contribution in [-0.4, -0.2) is 13.1 Å². The van der Waals surface area contributed by atoms with Crippen molar-refractivity contribution in [2.24, 2.45) is 11.8 Å². The first-order chi connectivity index (χ1) is 6.16. The van der Waals surface area contributed by atoms with Crippen LogP contribution in [0, 0.1) is 23.7 Å². The smallest absolute Gasteiger partial charge is 0.0115 e. The molecule has 0 aromatic rings. The van der Waals surface area contributed by atoms with Crippen LogP contribution >= 0.6 is 0 Å². The molecule has 0 aliphatic carbocycles. The summed E-state index contributed by atoms with van der Waals surface area (Å²) in [5.74, 6) is 7.54. The molecule has 0 radical (unpaired) electrons. The van der Waals surface area contributed by atoms with Gasteiger partial charge in [0.2, 0.25) is 0 Å². The van der Waals surface area contributed by atoms with Crippen molar-refractivity contribution in [2.45, 2.75) is 40.5 Å². The van der Waals surface area contributed by atoms with E-state index in [1.165, 1.54) is 6.42 Å². The monoisotopic (exact) mass is 181 g/mol. The Labute approximate surface area is 83.3 Å². The molecule has 0 heterocycles. The SMILES string of the molecule is CC#CCC(C)CCNCC(C)C. The molecule has 0 aliphatic rings. The van der Waals surface area contributed by atoms with E-state index in [0.29, 0.717) is 0 Å². The Hall–Kier alpha value is -0.480. The van der Waals surface area contributed by atoms with E-state index >= 15 is 0 Å². The Morgan fingerprint density at radius 2 is 1.92 bits per heavy atom. The van der Waals surface area contributed by atoms with Crippen LogP contribution in [0.15, 0.2) is 0 Å². The quantitative estimate of drug-likeness (QED) is 0.491. The highest BCUT2D eigenvalue weighted by atomic mass is 14.8. The van der Waals surface area contributed by atoms with Crippen LogP contribution in [0.3, 0.4) is 0 Å². The summed E-state index contributed by atoms with van der Waals surface area (Å²) in [7, 11) is 0. The molecule has 0 saturated heterocycles. The molecular formula is C12H23N. The molecule has 0 amide bonds. The Balaban J connectivity index is 3.25. The second-order valence-corrected chi connectivity index (χ2v) is 4.12. The normalized spacial score (nSPS) is 12.4. The van der Waals surface area contributed by atoms with Gasteiger partial charge in [-0.05, 0) is 38.3 Å². The summed E-state index contributed by atoms with van der Waals surface area (Å²) in [5, 5.41) is 3.44. The van der Waals surface area contributed by atoms with Crippen LogP contribution in [0.25, 0.3) is 0 Å². The van der Waals surface area contributed by atoms with E-state index in [4.69, 9.17) is 0 Å². The van der Waals surface area contributed by atoms with E-state index in [1.54, 1.807) is 0 Å². The van der Waals surface area contributed by atoms with E-state index in [0.717, 1.165) is 31.3 Å². The zero-order valence-corrected chi connectivity index (χ0v) is 9.48. The standard InChI is InChI=1S/C12H23N/c1-5-6-7-12(4)8-9-13-10-11(2)3/h11-13H,7-10H2,1-4H3. The molecule has 0 rings (SSSR count). The maximum Gasteiger partial charge on any atom is 0.0115 e. The van der Waals surface area contributed by atoms with Crippen molar-refractivity contribution in [1.82, 2.24) is 5.32 Å². The molecule has 1 nitrogen and oxygen atoms in total. The van der Waals surface area contributed by atoms with Gasteiger partial charge in [0.15, 0.2) is 0 Å². The third kappa shape index (κ3) is 9.43. The molecule has 0 bridgehead atoms. The summed E-state index contributed by atoms with van der Waals surface area (Å²) in [6.07, 6.45) is 2.28. The molecule has 0 saturated carbocycles. The second-order valence-electron chi connectivity index (χ2n) is 4.12. The lowest BCUT2D eigenvalue weighted by atomic mass is 10.0. The predicted molar refractivity (Wildman–Crippen MR) is 59.6 cm³/mol. The molecular weight excluding hydrogens is 158 g/mol. The Morgan fingerprint density at radius 1 is 1.23 bits per heavy atom. The minimum Gasteiger partial charge on any atom is -0.316 e. The van der Waals surface area contributed by atoms with Gasteiger partial charge in [0.05, 0.1) is 0 Å². The van der Waals surface area contributed by atoms with E-state index in [9.17, 15) is 0 Å². The zero-order chi connectivity index (χ0) is 10.1. The number of nitrogens with one attached hydrogen (secondary N) is 1. The average molecular weight is 181 g/mol. The first-order valence-electron chi connectivity index (χ1n) is 5.27. The number of hydrogen-bond donors (Lipinski definition) is 1. The maximum absolute atomic E-state index is 3.44. The van der Waals surface area contributed by atoms with Crippen LogP contribution in [0.5, 0.6) is 0 Å². The molecule has 1 heteroatoms. The van der Waals surface area contributed by atoms with Gasteiger partial charge < -0.3 is 5.32 Å². The minimum atomic E-state index is 0.729. The van der Waals surface area contributed by atoms with E-state index in [2.05, 4.69) is 37.9 Å². The van der Waals surface area contributed by atoms with Gasteiger partial charge >= 0.3 is 0 Å². The van der Waals surface area contributed by atoms with E-state index in [1.807, 2.05) is 6.92 Å². The highest BCUT2D eigenvalue weighted by Gasteiger charge is 1.99. The summed E-state index contributed by atoms with van der Waals surface area (Å²) < 4.78 is 0. The molecule has 0 aliphatic heterocycles. The summed E-state index contributed by atoms with van der Waals surface area (Å²) >= 11 is 0. The lowest BCUT2D eigenvalue weighted by Gasteiger charge is -2.10. The average Bonchev–Trinajstić information content (AvgIpc) is 2.08. The summed E-state index contributed by atoms with van der Waals surface area (Å²) in [4.78, 5) is 0. The third-order valence-electron chi connectivity index (χ3n) is 1.99. The van der Waals surface area contributed by atoms with Crippen molar-refractivity contribution in [1.29, 1.82) is 0 Å². The van der Waals surface area contributed by atoms with Crippen molar-refractivity contribution in [2.75, 3.05) is 13.1 Å². The fraction of sp³-hybridized carbons (Fsp3) is 0.833. The first kappa shape index (κ1) is 12.5. The van der Waals surface area contributed by atoms with Gasteiger partial charge in [-0.2, -0.15) is 0 Å². The third-order valence-corrected chi connectivity index (χ3v) is 1.99. The largest absolute Gasteiger partial charge is 0.316 e. The zero-order valence-electron chi connectivity index (χ0n) is 9.48. The minimum absolute atomic E-state index is 0.729. The Bertz CT molecular complexity index is 162. The van der Waals surface area contributed by atoms with Gasteiger partial charge in [0.25, 0.3) is 0 Å². The molecule has 1 N–H and O–H groups in total. The van der Waals surface area contributed by atoms with Crippen LogP contribution in [0.2, 0.25) is 0 Å². The van der Waals surface area contributed by atoms with Gasteiger partial charge in [-0.1, -0.05) is 20.8 Å². The van der Waals surface area contributed by atoms with Crippen molar-refractivity contribution in [3.05, 3.63) is 0 Å². The molecule has 1 unspecified atom stereocenters. The van der Waals surface area contributed by atoms with E-state index < -0.39 is 0 Å². The van der Waals surface area contributed by atoms with Crippen molar-refractivity contribution >= 4 is 0 Å². The van der Waals surface area contributed by atoms with Crippen LogP contribution in [0.1, 0.15) is 40.5 Å². The topological polar surface area (TPSA) is 12.0 Å². The predicted octanol–water partition coefficient (Wildman–Crippen LogP) is 2.67. The molecule has 0 aromatic carbocycles. The fourth-order valence-corrected chi connectivity index (χ4v) is 1.12. The molecule has 0 fully saturated rings. The summed E-state index contributed by atoms with van der Waals surface area (Å²) in [6.45, 7) is 10.9. The highest BCUT2D eigenvalue weighted by molar-refractivity contribution is 4.95. The van der Waals surface area contributed by atoms with Crippen LogP contribution in [-0.2, 0) is 0 Å². The van der Waals surface area contributed by atoms with Gasteiger partial charge in [-0.3, -0.25) is 0 Å². The molecule has 76 valence electrons. The van der Waals surface area contributed by atoms with Crippen molar-refractivity contribution in [3.63, 3.8) is 0 Å². The number of rotatable bonds is 6. The molecule has 0 aromatic heterocycles. The molecule has 1 atom stereocenters. The summed E-state index contributed by atoms with van der Waals surface area (Å²) in [6, 6.07) is 0. The van der Waals surface area contributed by atoms with Crippen molar-refractivity contribution in [3.8, 4) is 11.8 Å². The lowest BCUT2D eigenvalue weighted by Crippen LogP contribution is -2.22. The Kier molecular flexibility index (Phi) is 7.83. The Morgan fingerprint density at radius 3 is 2.46 bits per heavy atom. The number of hydrogen-bond acceptors (Lipinski definition) is 1. The van der Waals surface area contributed by atoms with Gasteiger partial charge in [-0.25, -0.2) is 0 Å². The van der Waals surface area contributed by atoms with Crippen molar-refractivity contribution < 1.29 is 0 Å². The van der Waals surface area contributed by atoms with Gasteiger partial charge in [0.1, 0.15) is 0 Å². The summed E-state index contributed by atoms with van der Waals surface area (Å²) in [5.41, 5.74) is 0. The highest BCUT2D eigenvalue weighted by Crippen LogP contribution is 2.04. The van der Waals surface area contributed by atoms with Crippen LogP contribution < -0.4 is 5.32 Å². The molecule has 0 spiro atoms. The second kappa shape index (κ2) is 8.13. The lowest BCUT2D eigenvalue weighted by molar-refractivity contribution is 0.482. The maximum atomic E-state index is 3.44.